The van der Waals surface area contributed by atoms with Crippen molar-refractivity contribution in [3.8, 4) is 5.75 Å². The Bertz CT molecular complexity index is 786. The minimum absolute atomic E-state index is 0.00369. The van der Waals surface area contributed by atoms with Gasteiger partial charge < -0.3 is 19.1 Å². The van der Waals surface area contributed by atoms with Gasteiger partial charge in [0.1, 0.15) is 5.75 Å². The first kappa shape index (κ1) is 17.0. The van der Waals surface area contributed by atoms with Gasteiger partial charge in [0.05, 0.1) is 13.2 Å². The zero-order valence-electron chi connectivity index (χ0n) is 14.7. The number of piperazine rings is 1. The van der Waals surface area contributed by atoms with Crippen LogP contribution in [-0.4, -0.2) is 57.9 Å². The van der Waals surface area contributed by atoms with Crippen LogP contribution in [0, 0.1) is 0 Å². The van der Waals surface area contributed by atoms with Crippen molar-refractivity contribution in [2.45, 2.75) is 13.0 Å². The lowest BCUT2D eigenvalue weighted by Crippen LogP contribution is -2.52. The summed E-state index contributed by atoms with van der Waals surface area (Å²) < 4.78 is 7.18. The fourth-order valence-corrected chi connectivity index (χ4v) is 3.22. The number of amides is 2. The summed E-state index contributed by atoms with van der Waals surface area (Å²) >= 11 is 0. The molecule has 0 N–H and O–H groups in total. The molecule has 2 amide bonds. The number of rotatable bonds is 3. The van der Waals surface area contributed by atoms with Crippen LogP contribution in [-0.2, 0) is 11.8 Å². The smallest absolute Gasteiger partial charge is 0.290 e. The third-order valence-electron chi connectivity index (χ3n) is 4.60. The third-order valence-corrected chi connectivity index (χ3v) is 4.60. The van der Waals surface area contributed by atoms with Crippen molar-refractivity contribution in [1.29, 1.82) is 0 Å². The van der Waals surface area contributed by atoms with Crippen LogP contribution in [0.15, 0.2) is 36.7 Å². The molecule has 1 fully saturated rings. The Balaban J connectivity index is 1.99. The van der Waals surface area contributed by atoms with Gasteiger partial charge in [0.25, 0.3) is 5.91 Å². The zero-order valence-corrected chi connectivity index (χ0v) is 14.7. The molecule has 1 aromatic carbocycles. The van der Waals surface area contributed by atoms with Crippen molar-refractivity contribution in [3.63, 3.8) is 0 Å². The van der Waals surface area contributed by atoms with Crippen molar-refractivity contribution in [1.82, 2.24) is 19.4 Å². The number of para-hydroxylation sites is 1. The molecule has 1 saturated heterocycles. The van der Waals surface area contributed by atoms with Gasteiger partial charge in [0.2, 0.25) is 5.91 Å². The monoisotopic (exact) mass is 342 g/mol. The summed E-state index contributed by atoms with van der Waals surface area (Å²) in [6.07, 6.45) is 3.36. The first-order valence-electron chi connectivity index (χ1n) is 8.19. The van der Waals surface area contributed by atoms with Crippen LogP contribution in [0.1, 0.15) is 29.1 Å². The Morgan fingerprint density at radius 3 is 2.64 bits per heavy atom. The van der Waals surface area contributed by atoms with Gasteiger partial charge in [-0.1, -0.05) is 18.2 Å². The highest BCUT2D eigenvalue weighted by Crippen LogP contribution is 2.33. The number of aromatic nitrogens is 2. The lowest BCUT2D eigenvalue weighted by Gasteiger charge is -2.41. The number of imidazole rings is 1. The molecule has 7 heteroatoms. The van der Waals surface area contributed by atoms with Gasteiger partial charge in [-0.2, -0.15) is 0 Å². The number of carbonyl (C=O) groups is 2. The number of hydrogen-bond acceptors (Lipinski definition) is 4. The highest BCUT2D eigenvalue weighted by atomic mass is 16.5. The highest BCUT2D eigenvalue weighted by Gasteiger charge is 2.35. The summed E-state index contributed by atoms with van der Waals surface area (Å²) in [5.74, 6) is 0.947. The fraction of sp³-hybridized carbons (Fsp3) is 0.389. The maximum Gasteiger partial charge on any atom is 0.290 e. The predicted octanol–water partition coefficient (Wildman–Crippen LogP) is 1.47. The van der Waals surface area contributed by atoms with E-state index >= 15 is 0 Å². The van der Waals surface area contributed by atoms with E-state index in [-0.39, 0.29) is 17.9 Å². The summed E-state index contributed by atoms with van der Waals surface area (Å²) in [5.41, 5.74) is 0.888. The lowest BCUT2D eigenvalue weighted by atomic mass is 10.0. The molecule has 1 atom stereocenters. The Kier molecular flexibility index (Phi) is 4.74. The van der Waals surface area contributed by atoms with E-state index < -0.39 is 0 Å². The van der Waals surface area contributed by atoms with Crippen molar-refractivity contribution >= 4 is 11.8 Å². The van der Waals surface area contributed by atoms with Crippen molar-refractivity contribution in [2.75, 3.05) is 26.7 Å². The normalized spacial score (nSPS) is 17.5. The predicted molar refractivity (Wildman–Crippen MR) is 92.2 cm³/mol. The molecule has 1 aliphatic heterocycles. The molecule has 0 saturated carbocycles. The minimum Gasteiger partial charge on any atom is -0.496 e. The first-order chi connectivity index (χ1) is 12.0. The average molecular weight is 342 g/mol. The number of benzene rings is 1. The highest BCUT2D eigenvalue weighted by molar-refractivity contribution is 5.91. The number of methoxy groups -OCH3 is 1. The van der Waals surface area contributed by atoms with E-state index in [1.807, 2.05) is 24.3 Å². The largest absolute Gasteiger partial charge is 0.496 e. The number of nitrogens with zero attached hydrogens (tertiary/aromatic N) is 4. The Hall–Kier alpha value is -2.83. The van der Waals surface area contributed by atoms with Crippen LogP contribution in [0.4, 0.5) is 0 Å². The first-order valence-corrected chi connectivity index (χ1v) is 8.19. The molecule has 2 heterocycles. The van der Waals surface area contributed by atoms with Crippen LogP contribution in [0.25, 0.3) is 0 Å². The average Bonchev–Trinajstić information content (AvgIpc) is 3.06. The van der Waals surface area contributed by atoms with Crippen LogP contribution in [0.5, 0.6) is 5.75 Å². The molecule has 3 rings (SSSR count). The Morgan fingerprint density at radius 1 is 1.24 bits per heavy atom. The zero-order chi connectivity index (χ0) is 18.0. The maximum absolute atomic E-state index is 13.0. The van der Waals surface area contributed by atoms with E-state index in [0.29, 0.717) is 31.2 Å². The van der Waals surface area contributed by atoms with Gasteiger partial charge in [-0.15, -0.1) is 0 Å². The van der Waals surface area contributed by atoms with E-state index in [2.05, 4.69) is 4.98 Å². The van der Waals surface area contributed by atoms with E-state index in [1.54, 1.807) is 47.8 Å². The number of carbonyl (C=O) groups excluding carboxylic acids is 2. The molecule has 25 heavy (non-hydrogen) atoms. The van der Waals surface area contributed by atoms with E-state index in [9.17, 15) is 9.59 Å². The Morgan fingerprint density at radius 2 is 2.00 bits per heavy atom. The van der Waals surface area contributed by atoms with E-state index in [1.165, 1.54) is 0 Å². The molecule has 1 aliphatic rings. The van der Waals surface area contributed by atoms with E-state index in [4.69, 9.17) is 4.74 Å². The fourth-order valence-electron chi connectivity index (χ4n) is 3.22. The second kappa shape index (κ2) is 6.96. The van der Waals surface area contributed by atoms with Crippen molar-refractivity contribution in [2.24, 2.45) is 7.05 Å². The third kappa shape index (κ3) is 3.22. The molecule has 0 spiro atoms. The number of ether oxygens (including phenoxy) is 1. The SMILES string of the molecule is COc1ccccc1[C@@H]1CN(C(C)=O)CCN1C(=O)c1nccn1C. The molecule has 0 bridgehead atoms. The quantitative estimate of drug-likeness (QED) is 0.847. The second-order valence-electron chi connectivity index (χ2n) is 6.08. The topological polar surface area (TPSA) is 67.7 Å². The number of hydrogen-bond donors (Lipinski definition) is 0. The van der Waals surface area contributed by atoms with E-state index in [0.717, 1.165) is 5.56 Å². The summed E-state index contributed by atoms with van der Waals surface area (Å²) in [6.45, 7) is 2.95. The van der Waals surface area contributed by atoms with Crippen LogP contribution in [0.3, 0.4) is 0 Å². The van der Waals surface area contributed by atoms with Crippen LogP contribution < -0.4 is 4.74 Å². The maximum atomic E-state index is 13.0. The Labute approximate surface area is 146 Å². The molecule has 0 radical (unpaired) electrons. The lowest BCUT2D eigenvalue weighted by molar-refractivity contribution is -0.131. The van der Waals surface area contributed by atoms with Gasteiger partial charge in [0, 0.05) is 51.6 Å². The molecule has 1 aromatic heterocycles. The minimum atomic E-state index is -0.280. The standard InChI is InChI=1S/C18H22N4O3/c1-13(23)21-10-11-22(18(24)17-19-8-9-20(17)2)15(12-21)14-6-4-5-7-16(14)25-3/h4-9,15H,10-12H2,1-3H3/t15-/m0/s1. The molecular weight excluding hydrogens is 320 g/mol. The summed E-state index contributed by atoms with van der Waals surface area (Å²) in [7, 11) is 3.40. The van der Waals surface area contributed by atoms with Crippen molar-refractivity contribution in [3.05, 3.63) is 48.0 Å². The molecule has 0 unspecified atom stereocenters. The molecule has 132 valence electrons. The van der Waals surface area contributed by atoms with Gasteiger partial charge in [-0.3, -0.25) is 9.59 Å². The number of aryl methyl sites for hydroxylation is 1. The van der Waals surface area contributed by atoms with Crippen molar-refractivity contribution < 1.29 is 14.3 Å². The molecular formula is C18H22N4O3. The van der Waals surface area contributed by atoms with Crippen LogP contribution in [0.2, 0.25) is 0 Å². The summed E-state index contributed by atoms with van der Waals surface area (Å²) in [4.78, 5) is 32.6. The van der Waals surface area contributed by atoms with Crippen LogP contribution >= 0.6 is 0 Å². The summed E-state index contributed by atoms with van der Waals surface area (Å²) in [5, 5.41) is 0. The van der Waals surface area contributed by atoms with Gasteiger partial charge in [0.15, 0.2) is 5.82 Å². The van der Waals surface area contributed by atoms with Gasteiger partial charge >= 0.3 is 0 Å². The molecule has 7 nitrogen and oxygen atoms in total. The van der Waals surface area contributed by atoms with Gasteiger partial charge in [-0.25, -0.2) is 4.98 Å². The molecule has 0 aliphatic carbocycles. The molecule has 2 aromatic rings. The summed E-state index contributed by atoms with van der Waals surface area (Å²) in [6, 6.07) is 7.32. The van der Waals surface area contributed by atoms with Gasteiger partial charge in [-0.05, 0) is 6.07 Å². The second-order valence-corrected chi connectivity index (χ2v) is 6.08.